The van der Waals surface area contributed by atoms with Crippen molar-refractivity contribution in [2.75, 3.05) is 18.6 Å². The maximum absolute atomic E-state index is 12.3. The number of carboxylic acid groups (broad SMARTS) is 3. The van der Waals surface area contributed by atoms with E-state index in [0.29, 0.717) is 5.75 Å². The van der Waals surface area contributed by atoms with Crippen LogP contribution in [0, 0.1) is 0 Å². The van der Waals surface area contributed by atoms with Crippen molar-refractivity contribution in [2.45, 2.75) is 43.8 Å². The molecule has 0 fully saturated rings. The third-order valence-corrected chi connectivity index (χ3v) is 4.33. The Labute approximate surface area is 176 Å². The number of carbonyl (C=O) groups excluding carboxylic acids is 3. The van der Waals surface area contributed by atoms with Crippen LogP contribution in [0.5, 0.6) is 0 Å². The van der Waals surface area contributed by atoms with Crippen molar-refractivity contribution < 1.29 is 44.1 Å². The van der Waals surface area contributed by atoms with Crippen LogP contribution in [0.3, 0.4) is 0 Å². The summed E-state index contributed by atoms with van der Waals surface area (Å²) >= 11 is 1.36. The first kappa shape index (κ1) is 27.1. The SMILES string of the molecule is CSCCC(NC(=O)C(CC(=O)O)NC(=O)CNC(=O)C(N)CCC(=O)O)C(=O)O. The minimum atomic E-state index is -1.57. The largest absolute Gasteiger partial charge is 0.481 e. The average molecular weight is 450 g/mol. The van der Waals surface area contributed by atoms with E-state index in [2.05, 4.69) is 16.0 Å². The van der Waals surface area contributed by atoms with Crippen LogP contribution in [0.1, 0.15) is 25.7 Å². The molecule has 0 radical (unpaired) electrons. The minimum absolute atomic E-state index is 0.0975. The van der Waals surface area contributed by atoms with Crippen molar-refractivity contribution in [3.63, 3.8) is 0 Å². The number of aliphatic carboxylic acids is 3. The lowest BCUT2D eigenvalue weighted by Gasteiger charge is -2.20. The zero-order valence-corrected chi connectivity index (χ0v) is 17.1. The Kier molecular flexibility index (Phi) is 12.8. The van der Waals surface area contributed by atoms with Crippen molar-refractivity contribution in [1.29, 1.82) is 0 Å². The van der Waals surface area contributed by atoms with Crippen LogP contribution < -0.4 is 21.7 Å². The number of nitrogens with one attached hydrogen (secondary N) is 3. The highest BCUT2D eigenvalue weighted by atomic mass is 32.2. The molecule has 8 N–H and O–H groups in total. The molecule has 3 atom stereocenters. The molecule has 14 heteroatoms. The topological polar surface area (TPSA) is 225 Å². The van der Waals surface area contributed by atoms with Gasteiger partial charge in [-0.15, -0.1) is 0 Å². The van der Waals surface area contributed by atoms with Crippen molar-refractivity contribution in [2.24, 2.45) is 5.73 Å². The Bertz CT molecular complexity index is 659. The van der Waals surface area contributed by atoms with E-state index in [1.807, 2.05) is 0 Å². The minimum Gasteiger partial charge on any atom is -0.481 e. The summed E-state index contributed by atoms with van der Waals surface area (Å²) in [5, 5.41) is 33.1. The third-order valence-electron chi connectivity index (χ3n) is 3.68. The van der Waals surface area contributed by atoms with Gasteiger partial charge in [-0.3, -0.25) is 24.0 Å². The summed E-state index contributed by atoms with van der Waals surface area (Å²) in [6.07, 6.45) is 0.539. The van der Waals surface area contributed by atoms with Gasteiger partial charge in [0.25, 0.3) is 0 Å². The highest BCUT2D eigenvalue weighted by Gasteiger charge is 2.28. The van der Waals surface area contributed by atoms with E-state index in [1.165, 1.54) is 11.8 Å². The molecule has 0 bridgehead atoms. The van der Waals surface area contributed by atoms with Crippen molar-refractivity contribution in [1.82, 2.24) is 16.0 Å². The van der Waals surface area contributed by atoms with Crippen LogP contribution in [0.4, 0.5) is 0 Å². The van der Waals surface area contributed by atoms with Gasteiger partial charge in [0.15, 0.2) is 0 Å². The zero-order valence-electron chi connectivity index (χ0n) is 16.3. The van der Waals surface area contributed by atoms with E-state index in [-0.39, 0.29) is 19.3 Å². The van der Waals surface area contributed by atoms with Crippen molar-refractivity contribution >= 4 is 47.4 Å². The van der Waals surface area contributed by atoms with Crippen molar-refractivity contribution in [3.8, 4) is 0 Å². The summed E-state index contributed by atoms with van der Waals surface area (Å²) in [5.74, 6) is -6.13. The van der Waals surface area contributed by atoms with Crippen LogP contribution in [0.25, 0.3) is 0 Å². The summed E-state index contributed by atoms with van der Waals surface area (Å²) in [6.45, 7) is -0.641. The molecular formula is C16H26N4O9S. The number of rotatable bonds is 15. The maximum atomic E-state index is 12.3. The maximum Gasteiger partial charge on any atom is 0.326 e. The lowest BCUT2D eigenvalue weighted by atomic mass is 10.1. The van der Waals surface area contributed by atoms with Crippen LogP contribution in [0.2, 0.25) is 0 Å². The van der Waals surface area contributed by atoms with E-state index < -0.39 is 66.7 Å². The number of hydrogen-bond donors (Lipinski definition) is 7. The normalized spacial score (nSPS) is 13.4. The van der Waals surface area contributed by atoms with Gasteiger partial charge in [-0.2, -0.15) is 11.8 Å². The Morgan fingerprint density at radius 2 is 1.53 bits per heavy atom. The molecule has 0 saturated heterocycles. The molecule has 0 rings (SSSR count). The second kappa shape index (κ2) is 14.2. The van der Waals surface area contributed by atoms with Gasteiger partial charge in [-0.1, -0.05) is 0 Å². The molecule has 170 valence electrons. The second-order valence-corrected chi connectivity index (χ2v) is 7.14. The number of carbonyl (C=O) groups is 6. The standard InChI is InChI=1S/C16H26N4O9S/c1-30-5-4-9(16(28)29)20-15(27)10(6-13(24)25)19-11(21)7-18-14(26)8(17)2-3-12(22)23/h8-10H,2-7,17H2,1H3,(H,18,26)(H,19,21)(H,20,27)(H,22,23)(H,24,25)(H,28,29). The molecule has 0 heterocycles. The highest BCUT2D eigenvalue weighted by Crippen LogP contribution is 2.03. The Hall–Kier alpha value is -2.87. The fourth-order valence-corrected chi connectivity index (χ4v) is 2.57. The number of thioether (sulfide) groups is 1. The fourth-order valence-electron chi connectivity index (χ4n) is 2.10. The first-order valence-electron chi connectivity index (χ1n) is 8.76. The molecule has 3 amide bonds. The fraction of sp³-hybridized carbons (Fsp3) is 0.625. The first-order valence-corrected chi connectivity index (χ1v) is 10.2. The Morgan fingerprint density at radius 1 is 0.900 bits per heavy atom. The molecule has 13 nitrogen and oxygen atoms in total. The van der Waals surface area contributed by atoms with E-state index >= 15 is 0 Å². The lowest BCUT2D eigenvalue weighted by molar-refractivity contribution is -0.143. The molecule has 0 aromatic carbocycles. The summed E-state index contributed by atoms with van der Waals surface area (Å²) in [5.41, 5.74) is 5.48. The highest BCUT2D eigenvalue weighted by molar-refractivity contribution is 7.98. The smallest absolute Gasteiger partial charge is 0.326 e. The van der Waals surface area contributed by atoms with E-state index in [4.69, 9.17) is 21.1 Å². The van der Waals surface area contributed by atoms with Gasteiger partial charge in [0.2, 0.25) is 17.7 Å². The van der Waals surface area contributed by atoms with Gasteiger partial charge in [0.05, 0.1) is 19.0 Å². The molecule has 0 aliphatic rings. The van der Waals surface area contributed by atoms with E-state index in [1.54, 1.807) is 6.26 Å². The Morgan fingerprint density at radius 3 is 2.03 bits per heavy atom. The van der Waals surface area contributed by atoms with Crippen LogP contribution in [-0.4, -0.2) is 87.6 Å². The second-order valence-electron chi connectivity index (χ2n) is 6.16. The predicted octanol–water partition coefficient (Wildman–Crippen LogP) is -2.42. The van der Waals surface area contributed by atoms with Crippen LogP contribution >= 0.6 is 11.8 Å². The number of carboxylic acids is 3. The summed E-state index contributed by atoms with van der Waals surface area (Å²) in [6, 6.07) is -3.99. The van der Waals surface area contributed by atoms with Gasteiger partial charge in [-0.25, -0.2) is 4.79 Å². The summed E-state index contributed by atoms with van der Waals surface area (Å²) in [4.78, 5) is 68.6. The molecular weight excluding hydrogens is 424 g/mol. The molecule has 0 aromatic rings. The van der Waals surface area contributed by atoms with Crippen LogP contribution in [0.15, 0.2) is 0 Å². The predicted molar refractivity (Wildman–Crippen MR) is 105 cm³/mol. The van der Waals surface area contributed by atoms with Gasteiger partial charge in [0, 0.05) is 6.42 Å². The molecule has 0 aromatic heterocycles. The molecule has 0 spiro atoms. The first-order chi connectivity index (χ1) is 14.0. The van der Waals surface area contributed by atoms with Crippen LogP contribution in [-0.2, 0) is 28.8 Å². The summed E-state index contributed by atoms with van der Waals surface area (Å²) in [7, 11) is 0. The molecule has 0 aliphatic heterocycles. The lowest BCUT2D eigenvalue weighted by Crippen LogP contribution is -2.54. The molecule has 3 unspecified atom stereocenters. The van der Waals surface area contributed by atoms with Gasteiger partial charge in [-0.05, 0) is 24.9 Å². The summed E-state index contributed by atoms with van der Waals surface area (Å²) < 4.78 is 0. The van der Waals surface area contributed by atoms with Crippen molar-refractivity contribution in [3.05, 3.63) is 0 Å². The average Bonchev–Trinajstić information content (AvgIpc) is 2.65. The van der Waals surface area contributed by atoms with Gasteiger partial charge < -0.3 is 37.0 Å². The van der Waals surface area contributed by atoms with E-state index in [0.717, 1.165) is 0 Å². The van der Waals surface area contributed by atoms with Gasteiger partial charge in [0.1, 0.15) is 12.1 Å². The number of amides is 3. The number of hydrogen-bond acceptors (Lipinski definition) is 8. The zero-order chi connectivity index (χ0) is 23.3. The van der Waals surface area contributed by atoms with Gasteiger partial charge >= 0.3 is 17.9 Å². The Balaban J connectivity index is 4.83. The number of nitrogens with two attached hydrogens (primary N) is 1. The molecule has 30 heavy (non-hydrogen) atoms. The molecule has 0 aliphatic carbocycles. The quantitative estimate of drug-likeness (QED) is 0.139. The molecule has 0 saturated carbocycles. The third kappa shape index (κ3) is 11.9. The van der Waals surface area contributed by atoms with E-state index in [9.17, 15) is 28.8 Å². The monoisotopic (exact) mass is 450 g/mol.